The van der Waals surface area contributed by atoms with E-state index in [1.807, 2.05) is 18.3 Å². The molecule has 0 aliphatic carbocycles. The van der Waals surface area contributed by atoms with Crippen LogP contribution in [-0.2, 0) is 6.42 Å². The summed E-state index contributed by atoms with van der Waals surface area (Å²) in [7, 11) is 2.01. The average molecular weight is 152 g/mol. The second-order valence-electron chi connectivity index (χ2n) is 2.91. The van der Waals surface area contributed by atoms with Crippen LogP contribution in [0.25, 0.3) is 0 Å². The molecule has 60 valence electrons. The summed E-state index contributed by atoms with van der Waals surface area (Å²) < 4.78 is 5.38. The van der Waals surface area contributed by atoms with Crippen molar-refractivity contribution in [2.24, 2.45) is 0 Å². The number of nitrogens with zero attached hydrogens (tertiary/aromatic N) is 1. The predicted octanol–water partition coefficient (Wildman–Crippen LogP) is 1.08. The Morgan fingerprint density at radius 3 is 3.18 bits per heavy atom. The van der Waals surface area contributed by atoms with Crippen molar-refractivity contribution in [1.29, 1.82) is 0 Å². The minimum Gasteiger partial charge on any atom is -0.467 e. The van der Waals surface area contributed by atoms with Crippen LogP contribution in [-0.4, -0.2) is 13.6 Å². The molecule has 0 bridgehead atoms. The number of furan rings is 1. The molecule has 0 radical (unpaired) electrons. The Morgan fingerprint density at radius 2 is 2.45 bits per heavy atom. The van der Waals surface area contributed by atoms with Crippen LogP contribution in [0.3, 0.4) is 0 Å². The standard InChI is InChI=1S/C8H12N2O/c1-6-5-11-7-3-4-9-10(2)8(6)7/h5,9H,3-4H2,1-2H3. The Labute approximate surface area is 66.0 Å². The molecule has 2 rings (SSSR count). The smallest absolute Gasteiger partial charge is 0.130 e. The number of hydrazine groups is 1. The van der Waals surface area contributed by atoms with Gasteiger partial charge in [0.25, 0.3) is 0 Å². The van der Waals surface area contributed by atoms with Crippen LogP contribution in [0.1, 0.15) is 11.3 Å². The predicted molar refractivity (Wildman–Crippen MR) is 43.6 cm³/mol. The third kappa shape index (κ3) is 0.922. The normalized spacial score (nSPS) is 16.7. The molecule has 0 saturated carbocycles. The zero-order valence-electron chi connectivity index (χ0n) is 6.85. The number of fused-ring (bicyclic) bond motifs is 1. The van der Waals surface area contributed by atoms with Gasteiger partial charge in [-0.2, -0.15) is 0 Å². The number of nitrogens with one attached hydrogen (secondary N) is 1. The SMILES string of the molecule is Cc1coc2c1N(C)NCC2. The van der Waals surface area contributed by atoms with E-state index >= 15 is 0 Å². The molecule has 0 atom stereocenters. The van der Waals surface area contributed by atoms with Crippen molar-refractivity contribution in [3.63, 3.8) is 0 Å². The van der Waals surface area contributed by atoms with E-state index in [0.717, 1.165) is 18.7 Å². The summed E-state index contributed by atoms with van der Waals surface area (Å²) in [4.78, 5) is 0. The van der Waals surface area contributed by atoms with Gasteiger partial charge in [0.2, 0.25) is 0 Å². The Hall–Kier alpha value is -0.960. The highest BCUT2D eigenvalue weighted by Gasteiger charge is 2.18. The monoisotopic (exact) mass is 152 g/mol. The van der Waals surface area contributed by atoms with E-state index in [4.69, 9.17) is 4.42 Å². The van der Waals surface area contributed by atoms with Gasteiger partial charge in [-0.05, 0) is 6.92 Å². The zero-order chi connectivity index (χ0) is 7.84. The van der Waals surface area contributed by atoms with E-state index < -0.39 is 0 Å². The summed E-state index contributed by atoms with van der Waals surface area (Å²) in [6.45, 7) is 3.03. The minimum absolute atomic E-state index is 0.969. The average Bonchev–Trinajstić information content (AvgIpc) is 2.34. The molecule has 1 aromatic heterocycles. The Balaban J connectivity index is 2.48. The van der Waals surface area contributed by atoms with E-state index in [0.29, 0.717) is 0 Å². The number of aryl methyl sites for hydroxylation is 1. The van der Waals surface area contributed by atoms with Crippen LogP contribution < -0.4 is 10.4 Å². The number of hydrogen-bond donors (Lipinski definition) is 1. The first-order chi connectivity index (χ1) is 5.29. The molecule has 0 fully saturated rings. The van der Waals surface area contributed by atoms with Crippen LogP contribution >= 0.6 is 0 Å². The summed E-state index contributed by atoms with van der Waals surface area (Å²) >= 11 is 0. The lowest BCUT2D eigenvalue weighted by Gasteiger charge is -2.25. The molecule has 1 aromatic rings. The second kappa shape index (κ2) is 2.27. The van der Waals surface area contributed by atoms with Crippen molar-refractivity contribution in [3.05, 3.63) is 17.6 Å². The van der Waals surface area contributed by atoms with Crippen LogP contribution in [0.4, 0.5) is 5.69 Å². The molecule has 3 nitrogen and oxygen atoms in total. The fraction of sp³-hybridized carbons (Fsp3) is 0.500. The van der Waals surface area contributed by atoms with Crippen molar-refractivity contribution < 1.29 is 4.42 Å². The van der Waals surface area contributed by atoms with Crippen LogP contribution in [0.2, 0.25) is 0 Å². The third-order valence-corrected chi connectivity index (χ3v) is 2.05. The van der Waals surface area contributed by atoms with Gasteiger partial charge in [0.15, 0.2) is 0 Å². The maximum Gasteiger partial charge on any atom is 0.130 e. The topological polar surface area (TPSA) is 28.4 Å². The summed E-state index contributed by atoms with van der Waals surface area (Å²) in [6, 6.07) is 0. The Bertz CT molecular complexity index is 267. The third-order valence-electron chi connectivity index (χ3n) is 2.05. The molecule has 3 heteroatoms. The lowest BCUT2D eigenvalue weighted by molar-refractivity contribution is 0.481. The largest absolute Gasteiger partial charge is 0.467 e. The maximum absolute atomic E-state index is 5.38. The summed E-state index contributed by atoms with van der Waals surface area (Å²) in [5, 5.41) is 2.03. The van der Waals surface area contributed by atoms with Gasteiger partial charge in [-0.15, -0.1) is 0 Å². The van der Waals surface area contributed by atoms with Crippen molar-refractivity contribution in [3.8, 4) is 0 Å². The highest BCUT2D eigenvalue weighted by Crippen LogP contribution is 2.27. The lowest BCUT2D eigenvalue weighted by Crippen LogP contribution is -2.39. The van der Waals surface area contributed by atoms with E-state index in [9.17, 15) is 0 Å². The van der Waals surface area contributed by atoms with Crippen LogP contribution in [0.5, 0.6) is 0 Å². The molecule has 2 heterocycles. The van der Waals surface area contributed by atoms with E-state index in [-0.39, 0.29) is 0 Å². The number of anilines is 1. The molecule has 11 heavy (non-hydrogen) atoms. The van der Waals surface area contributed by atoms with Crippen molar-refractivity contribution in [1.82, 2.24) is 5.43 Å². The zero-order valence-corrected chi connectivity index (χ0v) is 6.85. The Morgan fingerprint density at radius 1 is 1.64 bits per heavy atom. The van der Waals surface area contributed by atoms with Gasteiger partial charge in [0, 0.05) is 25.6 Å². The molecule has 0 spiro atoms. The minimum atomic E-state index is 0.969. The fourth-order valence-corrected chi connectivity index (χ4v) is 1.54. The van der Waals surface area contributed by atoms with Crippen molar-refractivity contribution in [2.75, 3.05) is 18.6 Å². The van der Waals surface area contributed by atoms with Gasteiger partial charge >= 0.3 is 0 Å². The summed E-state index contributed by atoms with van der Waals surface area (Å²) in [6.07, 6.45) is 2.81. The van der Waals surface area contributed by atoms with Gasteiger partial charge in [-0.25, -0.2) is 5.43 Å². The van der Waals surface area contributed by atoms with Crippen LogP contribution in [0.15, 0.2) is 10.7 Å². The van der Waals surface area contributed by atoms with E-state index in [1.54, 1.807) is 0 Å². The van der Waals surface area contributed by atoms with E-state index in [2.05, 4.69) is 12.3 Å². The number of rotatable bonds is 0. The molecule has 1 aliphatic rings. The van der Waals surface area contributed by atoms with Gasteiger partial charge in [0.05, 0.1) is 12.0 Å². The first-order valence-electron chi connectivity index (χ1n) is 3.83. The molecular formula is C8H12N2O. The van der Waals surface area contributed by atoms with Gasteiger partial charge in [-0.1, -0.05) is 0 Å². The van der Waals surface area contributed by atoms with Crippen molar-refractivity contribution >= 4 is 5.69 Å². The molecule has 0 aromatic carbocycles. The van der Waals surface area contributed by atoms with Gasteiger partial charge in [0.1, 0.15) is 5.76 Å². The van der Waals surface area contributed by atoms with Gasteiger partial charge < -0.3 is 9.43 Å². The molecule has 0 unspecified atom stereocenters. The second-order valence-corrected chi connectivity index (χ2v) is 2.91. The lowest BCUT2D eigenvalue weighted by atomic mass is 10.2. The molecule has 0 amide bonds. The summed E-state index contributed by atoms with van der Waals surface area (Å²) in [5.41, 5.74) is 5.65. The first-order valence-corrected chi connectivity index (χ1v) is 3.83. The molecule has 1 N–H and O–H groups in total. The highest BCUT2D eigenvalue weighted by atomic mass is 16.3. The first kappa shape index (κ1) is 6.73. The fourth-order valence-electron chi connectivity index (χ4n) is 1.54. The summed E-state index contributed by atoms with van der Waals surface area (Å²) in [5.74, 6) is 1.10. The van der Waals surface area contributed by atoms with Crippen molar-refractivity contribution in [2.45, 2.75) is 13.3 Å². The van der Waals surface area contributed by atoms with Gasteiger partial charge in [-0.3, -0.25) is 0 Å². The maximum atomic E-state index is 5.38. The molecule has 1 aliphatic heterocycles. The van der Waals surface area contributed by atoms with E-state index in [1.165, 1.54) is 11.3 Å². The highest BCUT2D eigenvalue weighted by molar-refractivity contribution is 5.55. The Kier molecular flexibility index (Phi) is 1.39. The quantitative estimate of drug-likeness (QED) is 0.603. The molecular weight excluding hydrogens is 140 g/mol. The molecule has 0 saturated heterocycles. The van der Waals surface area contributed by atoms with Crippen LogP contribution in [0, 0.1) is 6.92 Å². The number of hydrogen-bond acceptors (Lipinski definition) is 3.